The van der Waals surface area contributed by atoms with Crippen LogP contribution >= 0.6 is 23.4 Å². The molecule has 1 aromatic heterocycles. The summed E-state index contributed by atoms with van der Waals surface area (Å²) in [6.45, 7) is 6.71. The molecule has 1 heterocycles. The van der Waals surface area contributed by atoms with Gasteiger partial charge in [-0.15, -0.1) is 16.8 Å². The van der Waals surface area contributed by atoms with E-state index >= 15 is 0 Å². The summed E-state index contributed by atoms with van der Waals surface area (Å²) in [4.78, 5) is 12.3. The Hall–Kier alpha value is -2.77. The fourth-order valence-electron chi connectivity index (χ4n) is 2.69. The number of hydrogen-bond donors (Lipinski definition) is 1. The zero-order chi connectivity index (χ0) is 21.3. The number of carbonyl (C=O) groups is 1. The molecule has 0 spiro atoms. The number of amides is 1. The molecule has 0 bridgehead atoms. The third-order valence-electron chi connectivity index (χ3n) is 4.28. The molecule has 0 radical (unpaired) electrons. The van der Waals surface area contributed by atoms with Gasteiger partial charge in [-0.2, -0.15) is 0 Å². The van der Waals surface area contributed by atoms with Gasteiger partial charge in [0.05, 0.1) is 16.5 Å². The lowest BCUT2D eigenvalue weighted by Gasteiger charge is -2.10. The van der Waals surface area contributed by atoms with E-state index in [0.29, 0.717) is 28.2 Å². The summed E-state index contributed by atoms with van der Waals surface area (Å²) >= 11 is 7.38. The lowest BCUT2D eigenvalue weighted by Crippen LogP contribution is -2.15. The highest BCUT2D eigenvalue weighted by Crippen LogP contribution is 2.22. The molecule has 0 aliphatic rings. The number of ether oxygens (including phenoxy) is 1. The molecular formula is C22H23ClN4O2S. The second-order valence-corrected chi connectivity index (χ2v) is 7.75. The normalized spacial score (nSPS) is 10.6. The molecule has 0 aliphatic heterocycles. The number of anilines is 1. The molecule has 0 saturated carbocycles. The molecule has 8 heteroatoms. The van der Waals surface area contributed by atoms with E-state index in [2.05, 4.69) is 29.0 Å². The van der Waals surface area contributed by atoms with Crippen molar-refractivity contribution in [3.8, 4) is 5.75 Å². The van der Waals surface area contributed by atoms with Crippen molar-refractivity contribution in [1.82, 2.24) is 14.8 Å². The lowest BCUT2D eigenvalue weighted by atomic mass is 10.2. The van der Waals surface area contributed by atoms with Crippen molar-refractivity contribution in [2.75, 3.05) is 11.1 Å². The van der Waals surface area contributed by atoms with Crippen LogP contribution in [0.15, 0.2) is 66.3 Å². The summed E-state index contributed by atoms with van der Waals surface area (Å²) in [5.41, 5.74) is 1.84. The number of benzene rings is 2. The Morgan fingerprint density at radius 1 is 1.23 bits per heavy atom. The molecule has 0 fully saturated rings. The first-order valence-corrected chi connectivity index (χ1v) is 10.9. The van der Waals surface area contributed by atoms with E-state index < -0.39 is 0 Å². The van der Waals surface area contributed by atoms with Crippen LogP contribution < -0.4 is 10.1 Å². The van der Waals surface area contributed by atoms with Crippen molar-refractivity contribution in [1.29, 1.82) is 0 Å². The lowest BCUT2D eigenvalue weighted by molar-refractivity contribution is -0.113. The number of nitrogens with zero attached hydrogens (tertiary/aromatic N) is 3. The van der Waals surface area contributed by atoms with E-state index in [1.165, 1.54) is 17.3 Å². The minimum Gasteiger partial charge on any atom is -0.486 e. The van der Waals surface area contributed by atoms with Gasteiger partial charge in [-0.05, 0) is 36.2 Å². The number of rotatable bonds is 10. The second-order valence-electron chi connectivity index (χ2n) is 6.40. The number of thioether (sulfide) groups is 1. The summed E-state index contributed by atoms with van der Waals surface area (Å²) in [5.74, 6) is 1.45. The van der Waals surface area contributed by atoms with E-state index in [1.807, 2.05) is 41.0 Å². The van der Waals surface area contributed by atoms with Gasteiger partial charge in [-0.1, -0.05) is 60.6 Å². The largest absolute Gasteiger partial charge is 0.486 e. The van der Waals surface area contributed by atoms with E-state index in [1.54, 1.807) is 18.2 Å². The summed E-state index contributed by atoms with van der Waals surface area (Å²) in [6, 6.07) is 15.1. The summed E-state index contributed by atoms with van der Waals surface area (Å²) in [6.07, 6.45) is 2.75. The molecule has 156 valence electrons. The minimum absolute atomic E-state index is 0.171. The topological polar surface area (TPSA) is 69.0 Å². The third kappa shape index (κ3) is 5.87. The monoisotopic (exact) mass is 442 g/mol. The molecule has 30 heavy (non-hydrogen) atoms. The highest BCUT2D eigenvalue weighted by atomic mass is 35.5. The van der Waals surface area contributed by atoms with Crippen LogP contribution in [0, 0.1) is 0 Å². The van der Waals surface area contributed by atoms with Crippen molar-refractivity contribution in [3.63, 3.8) is 0 Å². The first kappa shape index (κ1) is 21.9. The van der Waals surface area contributed by atoms with Gasteiger partial charge in [0.2, 0.25) is 5.91 Å². The number of aromatic nitrogens is 3. The van der Waals surface area contributed by atoms with Crippen LogP contribution in [-0.2, 0) is 24.4 Å². The number of allylic oxidation sites excluding steroid dienone is 1. The molecule has 0 unspecified atom stereocenters. The van der Waals surface area contributed by atoms with Crippen molar-refractivity contribution in [2.45, 2.75) is 31.7 Å². The van der Waals surface area contributed by atoms with Gasteiger partial charge >= 0.3 is 0 Å². The molecule has 1 N–H and O–H groups in total. The Labute approximate surface area is 185 Å². The summed E-state index contributed by atoms with van der Waals surface area (Å²) < 4.78 is 7.74. The van der Waals surface area contributed by atoms with Gasteiger partial charge in [0.15, 0.2) is 11.0 Å². The predicted molar refractivity (Wildman–Crippen MR) is 121 cm³/mol. The van der Waals surface area contributed by atoms with E-state index in [9.17, 15) is 4.79 Å². The molecule has 2 aromatic carbocycles. The Kier molecular flexibility index (Phi) is 7.93. The van der Waals surface area contributed by atoms with Gasteiger partial charge < -0.3 is 10.1 Å². The Balaban J connectivity index is 1.61. The molecule has 3 rings (SSSR count). The first-order chi connectivity index (χ1) is 14.6. The summed E-state index contributed by atoms with van der Waals surface area (Å²) in [5, 5.41) is 12.4. The van der Waals surface area contributed by atoms with Crippen LogP contribution in [0.5, 0.6) is 5.75 Å². The average molecular weight is 443 g/mol. The van der Waals surface area contributed by atoms with Crippen LogP contribution in [0.25, 0.3) is 0 Å². The standard InChI is InChI=1S/C22H23ClN4O2S/c1-3-13-27-20(14-29-17-11-9-16(4-2)10-12-17)25-26-22(27)30-15-21(28)24-19-8-6-5-7-18(19)23/h3,5-12H,1,4,13-15H2,2H3,(H,24,28). The van der Waals surface area contributed by atoms with Crippen LogP contribution in [0.1, 0.15) is 18.3 Å². The molecule has 1 amide bonds. The zero-order valence-electron chi connectivity index (χ0n) is 16.7. The van der Waals surface area contributed by atoms with Crippen LogP contribution in [0.3, 0.4) is 0 Å². The smallest absolute Gasteiger partial charge is 0.234 e. The van der Waals surface area contributed by atoms with Gasteiger partial charge in [0.25, 0.3) is 0 Å². The number of hydrogen-bond acceptors (Lipinski definition) is 5. The fourth-order valence-corrected chi connectivity index (χ4v) is 3.64. The number of halogens is 1. The Bertz CT molecular complexity index is 1000. The van der Waals surface area contributed by atoms with Gasteiger partial charge in [-0.25, -0.2) is 0 Å². The van der Waals surface area contributed by atoms with E-state index in [0.717, 1.165) is 12.2 Å². The molecule has 6 nitrogen and oxygen atoms in total. The van der Waals surface area contributed by atoms with Crippen molar-refractivity contribution in [2.24, 2.45) is 0 Å². The van der Waals surface area contributed by atoms with Crippen LogP contribution in [0.4, 0.5) is 5.69 Å². The number of nitrogens with one attached hydrogen (secondary N) is 1. The molecule has 3 aromatic rings. The predicted octanol–water partition coefficient (Wildman–Crippen LogP) is 4.99. The molecular weight excluding hydrogens is 420 g/mol. The van der Waals surface area contributed by atoms with Crippen molar-refractivity contribution < 1.29 is 9.53 Å². The van der Waals surface area contributed by atoms with Crippen molar-refractivity contribution >= 4 is 35.0 Å². The van der Waals surface area contributed by atoms with E-state index in [4.69, 9.17) is 16.3 Å². The zero-order valence-corrected chi connectivity index (χ0v) is 18.2. The molecule has 0 atom stereocenters. The Morgan fingerprint density at radius 3 is 2.70 bits per heavy atom. The number of aryl methyl sites for hydroxylation is 1. The van der Waals surface area contributed by atoms with Crippen LogP contribution in [0.2, 0.25) is 5.02 Å². The van der Waals surface area contributed by atoms with Gasteiger partial charge in [-0.3, -0.25) is 9.36 Å². The van der Waals surface area contributed by atoms with Gasteiger partial charge in [0, 0.05) is 6.54 Å². The minimum atomic E-state index is -0.171. The maximum Gasteiger partial charge on any atom is 0.234 e. The maximum atomic E-state index is 12.3. The van der Waals surface area contributed by atoms with Gasteiger partial charge in [0.1, 0.15) is 12.4 Å². The fraction of sp³-hybridized carbons (Fsp3) is 0.227. The van der Waals surface area contributed by atoms with E-state index in [-0.39, 0.29) is 18.3 Å². The third-order valence-corrected chi connectivity index (χ3v) is 5.58. The highest BCUT2D eigenvalue weighted by molar-refractivity contribution is 7.99. The maximum absolute atomic E-state index is 12.3. The molecule has 0 saturated heterocycles. The Morgan fingerprint density at radius 2 is 2.00 bits per heavy atom. The van der Waals surface area contributed by atoms with Crippen LogP contribution in [-0.4, -0.2) is 26.4 Å². The average Bonchev–Trinajstić information content (AvgIpc) is 3.14. The first-order valence-electron chi connectivity index (χ1n) is 9.52. The quantitative estimate of drug-likeness (QED) is 0.354. The second kappa shape index (κ2) is 10.8. The number of para-hydroxylation sites is 1. The number of carbonyl (C=O) groups excluding carboxylic acids is 1. The summed E-state index contributed by atoms with van der Waals surface area (Å²) in [7, 11) is 0. The molecule has 0 aliphatic carbocycles. The highest BCUT2D eigenvalue weighted by Gasteiger charge is 2.14. The SMILES string of the molecule is C=CCn1c(COc2ccc(CC)cc2)nnc1SCC(=O)Nc1ccccc1Cl. The van der Waals surface area contributed by atoms with Crippen molar-refractivity contribution in [3.05, 3.63) is 77.6 Å².